The largest absolute Gasteiger partial charge is 0.338 e. The van der Waals surface area contributed by atoms with Crippen LogP contribution < -0.4 is 5.32 Å². The molecule has 1 fully saturated rings. The van der Waals surface area contributed by atoms with Crippen LogP contribution >= 0.6 is 0 Å². The van der Waals surface area contributed by atoms with Crippen molar-refractivity contribution in [2.75, 3.05) is 6.54 Å². The van der Waals surface area contributed by atoms with Crippen LogP contribution in [0.1, 0.15) is 54.0 Å². The molecule has 1 aromatic heterocycles. The number of aromatic nitrogens is 2. The van der Waals surface area contributed by atoms with E-state index in [4.69, 9.17) is 0 Å². The maximum atomic E-state index is 13.5. The summed E-state index contributed by atoms with van der Waals surface area (Å²) < 4.78 is 43.2. The molecular weight excluding hydrogens is 443 g/mol. The minimum Gasteiger partial charge on any atom is -0.338 e. The zero-order valence-corrected chi connectivity index (χ0v) is 19.4. The van der Waals surface area contributed by atoms with Gasteiger partial charge in [-0.1, -0.05) is 24.6 Å². The van der Waals surface area contributed by atoms with Crippen molar-refractivity contribution in [3.8, 4) is 0 Å². The summed E-state index contributed by atoms with van der Waals surface area (Å²) in [7, 11) is -1.90. The molecule has 4 rings (SSSR count). The summed E-state index contributed by atoms with van der Waals surface area (Å²) in [6.45, 7) is 2.39. The number of carbonyl (C=O) groups is 1. The highest BCUT2D eigenvalue weighted by Gasteiger charge is 2.31. The van der Waals surface area contributed by atoms with E-state index in [0.717, 1.165) is 19.3 Å². The maximum Gasteiger partial charge on any atom is 0.252 e. The molecule has 7 nitrogen and oxygen atoms in total. The Labute approximate surface area is 193 Å². The molecule has 0 saturated carbocycles. The SMILES string of the molecule is C[C@@H]1CCCCN1S(=O)(=O)c1cccc(C(=O)N[C@@H](c2ccc(F)cc2)c2nccn2C)c1. The summed E-state index contributed by atoms with van der Waals surface area (Å²) in [6, 6.07) is 11.2. The van der Waals surface area contributed by atoms with Crippen molar-refractivity contribution in [1.29, 1.82) is 0 Å². The molecule has 9 heteroatoms. The lowest BCUT2D eigenvalue weighted by Crippen LogP contribution is -2.42. The molecule has 174 valence electrons. The highest BCUT2D eigenvalue weighted by atomic mass is 32.2. The van der Waals surface area contributed by atoms with Crippen LogP contribution in [0.5, 0.6) is 0 Å². The zero-order valence-electron chi connectivity index (χ0n) is 18.6. The average Bonchev–Trinajstić information content (AvgIpc) is 3.24. The number of hydrogen-bond acceptors (Lipinski definition) is 4. The van der Waals surface area contributed by atoms with Gasteiger partial charge in [-0.3, -0.25) is 4.79 Å². The van der Waals surface area contributed by atoms with Gasteiger partial charge in [-0.2, -0.15) is 4.31 Å². The van der Waals surface area contributed by atoms with Gasteiger partial charge in [-0.15, -0.1) is 0 Å². The first-order valence-electron chi connectivity index (χ1n) is 10.9. The van der Waals surface area contributed by atoms with Gasteiger partial charge in [0.05, 0.1) is 4.90 Å². The van der Waals surface area contributed by atoms with Crippen LogP contribution in [0.15, 0.2) is 65.8 Å². The quantitative estimate of drug-likeness (QED) is 0.596. The number of amides is 1. The topological polar surface area (TPSA) is 84.3 Å². The first kappa shape index (κ1) is 23.1. The minimum absolute atomic E-state index is 0.0764. The van der Waals surface area contributed by atoms with Crippen molar-refractivity contribution in [3.63, 3.8) is 0 Å². The Hall–Kier alpha value is -3.04. The number of aryl methyl sites for hydroxylation is 1. The van der Waals surface area contributed by atoms with Gasteiger partial charge in [-0.05, 0) is 55.7 Å². The first-order chi connectivity index (χ1) is 15.8. The molecule has 2 heterocycles. The Kier molecular flexibility index (Phi) is 6.62. The summed E-state index contributed by atoms with van der Waals surface area (Å²) in [5.74, 6) is -0.259. The fraction of sp³-hybridized carbons (Fsp3) is 0.333. The summed E-state index contributed by atoms with van der Waals surface area (Å²) in [5.41, 5.74) is 0.882. The molecule has 2 aromatic carbocycles. The number of rotatable bonds is 6. The molecule has 0 aliphatic carbocycles. The van der Waals surface area contributed by atoms with Crippen LogP contribution in [-0.2, 0) is 17.1 Å². The van der Waals surface area contributed by atoms with Crippen molar-refractivity contribution in [1.82, 2.24) is 19.2 Å². The highest BCUT2D eigenvalue weighted by Crippen LogP contribution is 2.26. The van der Waals surface area contributed by atoms with Gasteiger partial charge in [0.2, 0.25) is 10.0 Å². The number of sulfonamides is 1. The standard InChI is InChI=1S/C24H27FN4O3S/c1-17-6-3-4-14-29(17)33(31,32)21-8-5-7-19(16-21)24(30)27-22(23-26-13-15-28(23)2)18-9-11-20(25)12-10-18/h5,7-13,15-17,22H,3-4,6,14H2,1-2H3,(H,27,30)/t17-,22+/m1/s1. The van der Waals surface area contributed by atoms with E-state index in [9.17, 15) is 17.6 Å². The van der Waals surface area contributed by atoms with Crippen molar-refractivity contribution < 1.29 is 17.6 Å². The highest BCUT2D eigenvalue weighted by molar-refractivity contribution is 7.89. The Morgan fingerprint density at radius 1 is 1.18 bits per heavy atom. The third kappa shape index (κ3) is 4.84. The third-order valence-corrected chi connectivity index (χ3v) is 8.05. The lowest BCUT2D eigenvalue weighted by atomic mass is 10.1. The molecule has 0 bridgehead atoms. The lowest BCUT2D eigenvalue weighted by Gasteiger charge is -2.32. The van der Waals surface area contributed by atoms with Crippen LogP contribution in [0.4, 0.5) is 4.39 Å². The number of nitrogens with one attached hydrogen (secondary N) is 1. The maximum absolute atomic E-state index is 13.5. The molecule has 0 unspecified atom stereocenters. The van der Waals surface area contributed by atoms with E-state index in [0.29, 0.717) is 17.9 Å². The van der Waals surface area contributed by atoms with E-state index in [1.165, 1.54) is 28.6 Å². The third-order valence-electron chi connectivity index (χ3n) is 6.04. The van der Waals surface area contributed by atoms with Gasteiger partial charge >= 0.3 is 0 Å². The van der Waals surface area contributed by atoms with Crippen LogP contribution in [0.3, 0.4) is 0 Å². The zero-order chi connectivity index (χ0) is 23.6. The van der Waals surface area contributed by atoms with Gasteiger partial charge in [0, 0.05) is 37.6 Å². The van der Waals surface area contributed by atoms with E-state index in [1.807, 2.05) is 6.92 Å². The van der Waals surface area contributed by atoms with E-state index in [1.54, 1.807) is 48.3 Å². The molecule has 33 heavy (non-hydrogen) atoms. The van der Waals surface area contributed by atoms with E-state index < -0.39 is 22.0 Å². The monoisotopic (exact) mass is 470 g/mol. The number of hydrogen-bond donors (Lipinski definition) is 1. The van der Waals surface area contributed by atoms with Gasteiger partial charge in [0.25, 0.3) is 5.91 Å². The van der Waals surface area contributed by atoms with Crippen molar-refractivity contribution >= 4 is 15.9 Å². The second kappa shape index (κ2) is 9.44. The van der Waals surface area contributed by atoms with Crippen LogP contribution in [0.25, 0.3) is 0 Å². The normalized spacial score (nSPS) is 18.1. The Morgan fingerprint density at radius 3 is 2.61 bits per heavy atom. The molecule has 2 atom stereocenters. The van der Waals surface area contributed by atoms with Crippen molar-refractivity contribution in [2.45, 2.75) is 43.2 Å². The second-order valence-electron chi connectivity index (χ2n) is 8.34. The Bertz CT molecular complexity index is 1240. The molecule has 1 aliphatic rings. The Morgan fingerprint density at radius 2 is 1.94 bits per heavy atom. The summed E-state index contributed by atoms with van der Waals surface area (Å²) in [4.78, 5) is 17.6. The van der Waals surface area contributed by atoms with Crippen LogP contribution in [-0.4, -0.2) is 40.8 Å². The predicted octanol–water partition coefficient (Wildman–Crippen LogP) is 3.64. The predicted molar refractivity (Wildman–Crippen MR) is 123 cm³/mol. The number of halogens is 1. The van der Waals surface area contributed by atoms with Gasteiger partial charge in [0.1, 0.15) is 17.7 Å². The Balaban J connectivity index is 1.63. The van der Waals surface area contributed by atoms with E-state index in [-0.39, 0.29) is 22.3 Å². The number of piperidine rings is 1. The lowest BCUT2D eigenvalue weighted by molar-refractivity contribution is 0.0941. The van der Waals surface area contributed by atoms with Gasteiger partial charge in [0.15, 0.2) is 0 Å². The number of imidazole rings is 1. The number of nitrogens with zero attached hydrogens (tertiary/aromatic N) is 3. The fourth-order valence-electron chi connectivity index (χ4n) is 4.18. The van der Waals surface area contributed by atoms with Gasteiger partial charge < -0.3 is 9.88 Å². The molecule has 1 N–H and O–H groups in total. The van der Waals surface area contributed by atoms with Gasteiger partial charge in [-0.25, -0.2) is 17.8 Å². The summed E-state index contributed by atoms with van der Waals surface area (Å²) in [5, 5.41) is 2.93. The number of carbonyl (C=O) groups excluding carboxylic acids is 1. The van der Waals surface area contributed by atoms with Crippen LogP contribution in [0, 0.1) is 5.82 Å². The molecule has 1 amide bonds. The summed E-state index contributed by atoms with van der Waals surface area (Å²) in [6.07, 6.45) is 6.03. The molecular formula is C24H27FN4O3S. The molecule has 0 radical (unpaired) electrons. The molecule has 3 aromatic rings. The fourth-order valence-corrected chi connectivity index (χ4v) is 5.93. The smallest absolute Gasteiger partial charge is 0.252 e. The van der Waals surface area contributed by atoms with Crippen molar-refractivity contribution in [3.05, 3.63) is 83.7 Å². The van der Waals surface area contributed by atoms with E-state index >= 15 is 0 Å². The van der Waals surface area contributed by atoms with Crippen LogP contribution in [0.2, 0.25) is 0 Å². The molecule has 0 spiro atoms. The first-order valence-corrected chi connectivity index (χ1v) is 12.4. The molecule has 1 aliphatic heterocycles. The summed E-state index contributed by atoms with van der Waals surface area (Å²) >= 11 is 0. The van der Waals surface area contributed by atoms with Crippen molar-refractivity contribution in [2.24, 2.45) is 7.05 Å². The second-order valence-corrected chi connectivity index (χ2v) is 10.2. The average molecular weight is 471 g/mol. The van der Waals surface area contributed by atoms with E-state index in [2.05, 4.69) is 10.3 Å². The molecule has 1 saturated heterocycles. The minimum atomic E-state index is -3.71. The number of benzene rings is 2.